The maximum atomic E-state index is 13.6. The van der Waals surface area contributed by atoms with Crippen molar-refractivity contribution >= 4 is 35.8 Å². The van der Waals surface area contributed by atoms with E-state index >= 15 is 0 Å². The second kappa shape index (κ2) is 10.6. The Bertz CT molecular complexity index is 820. The van der Waals surface area contributed by atoms with Gasteiger partial charge in [-0.05, 0) is 42.7 Å². The van der Waals surface area contributed by atoms with Gasteiger partial charge in [0, 0.05) is 39.0 Å². The third-order valence-electron chi connectivity index (χ3n) is 5.00. The summed E-state index contributed by atoms with van der Waals surface area (Å²) in [4.78, 5) is 17.8. The summed E-state index contributed by atoms with van der Waals surface area (Å²) in [5.41, 5.74) is 0.927. The van der Waals surface area contributed by atoms with Gasteiger partial charge in [-0.1, -0.05) is 12.1 Å². The van der Waals surface area contributed by atoms with Gasteiger partial charge >= 0.3 is 0 Å². The molecule has 0 aliphatic heterocycles. The van der Waals surface area contributed by atoms with Crippen molar-refractivity contribution in [2.45, 2.75) is 24.7 Å². The summed E-state index contributed by atoms with van der Waals surface area (Å²) in [6, 6.07) is 10.6. The molecule has 1 saturated carbocycles. The van der Waals surface area contributed by atoms with E-state index in [4.69, 9.17) is 4.42 Å². The van der Waals surface area contributed by atoms with Gasteiger partial charge < -0.3 is 20.0 Å². The van der Waals surface area contributed by atoms with E-state index in [0.29, 0.717) is 25.5 Å². The topological polar surface area (TPSA) is 69.9 Å². The third kappa shape index (κ3) is 6.73. The van der Waals surface area contributed by atoms with Crippen LogP contribution in [-0.4, -0.2) is 50.5 Å². The maximum Gasteiger partial charge on any atom is 0.243 e. The quantitative estimate of drug-likeness (QED) is 0.323. The van der Waals surface area contributed by atoms with Crippen molar-refractivity contribution in [3.63, 3.8) is 0 Å². The highest BCUT2D eigenvalue weighted by Gasteiger charge is 2.44. The van der Waals surface area contributed by atoms with Crippen LogP contribution in [0.5, 0.6) is 0 Å². The Labute approximate surface area is 188 Å². The molecule has 1 fully saturated rings. The van der Waals surface area contributed by atoms with Crippen molar-refractivity contribution in [2.24, 2.45) is 4.99 Å². The normalized spacial score (nSPS) is 14.7. The molecule has 1 heterocycles. The van der Waals surface area contributed by atoms with Crippen LogP contribution in [0.4, 0.5) is 4.39 Å². The molecule has 2 aromatic rings. The number of furan rings is 1. The van der Waals surface area contributed by atoms with Gasteiger partial charge in [-0.2, -0.15) is 0 Å². The Morgan fingerprint density at radius 1 is 1.24 bits per heavy atom. The highest BCUT2D eigenvalue weighted by Crippen LogP contribution is 2.47. The summed E-state index contributed by atoms with van der Waals surface area (Å²) in [7, 11) is 3.41. The number of nitrogens with one attached hydrogen (secondary N) is 2. The van der Waals surface area contributed by atoms with E-state index < -0.39 is 0 Å². The minimum absolute atomic E-state index is 0. The standard InChI is InChI=1S/C21H27FN4O2.HI/c1-26(2)19(27)14-24-20(23-11-8-18-7-4-12-28-18)25-15-21(9-10-21)16-5-3-6-17(22)13-16;/h3-7,12-13H,8-11,14-15H2,1-2H3,(H2,23,24,25);1H. The van der Waals surface area contributed by atoms with E-state index in [2.05, 4.69) is 15.6 Å². The summed E-state index contributed by atoms with van der Waals surface area (Å²) in [5.74, 6) is 1.17. The first-order valence-corrected chi connectivity index (χ1v) is 9.49. The number of aliphatic imine (C=N–C) groups is 1. The van der Waals surface area contributed by atoms with Gasteiger partial charge in [0.2, 0.25) is 5.91 Å². The fraction of sp³-hybridized carbons (Fsp3) is 0.429. The number of carbonyl (C=O) groups excluding carboxylic acids is 1. The molecular weight excluding hydrogens is 486 g/mol. The summed E-state index contributed by atoms with van der Waals surface area (Å²) in [6.07, 6.45) is 4.36. The van der Waals surface area contributed by atoms with Crippen LogP contribution in [-0.2, 0) is 16.6 Å². The largest absolute Gasteiger partial charge is 0.469 e. The lowest BCUT2D eigenvalue weighted by Gasteiger charge is -2.19. The number of likely N-dealkylation sites (N-methyl/N-ethyl adjacent to an activating group) is 1. The molecule has 0 radical (unpaired) electrons. The van der Waals surface area contributed by atoms with Crippen molar-refractivity contribution < 1.29 is 13.6 Å². The van der Waals surface area contributed by atoms with Crippen molar-refractivity contribution in [1.29, 1.82) is 0 Å². The lowest BCUT2D eigenvalue weighted by Crippen LogP contribution is -2.42. The Morgan fingerprint density at radius 2 is 2.03 bits per heavy atom. The van der Waals surface area contributed by atoms with Crippen molar-refractivity contribution in [1.82, 2.24) is 15.5 Å². The zero-order valence-corrected chi connectivity index (χ0v) is 19.1. The van der Waals surface area contributed by atoms with E-state index in [1.54, 1.807) is 32.5 Å². The van der Waals surface area contributed by atoms with Crippen LogP contribution < -0.4 is 10.6 Å². The Morgan fingerprint density at radius 3 is 2.66 bits per heavy atom. The molecule has 158 valence electrons. The third-order valence-corrected chi connectivity index (χ3v) is 5.00. The van der Waals surface area contributed by atoms with Gasteiger partial charge in [-0.25, -0.2) is 9.38 Å². The van der Waals surface area contributed by atoms with Crippen molar-refractivity contribution in [3.05, 3.63) is 59.8 Å². The molecule has 0 atom stereocenters. The number of amides is 1. The molecule has 0 spiro atoms. The molecule has 29 heavy (non-hydrogen) atoms. The van der Waals surface area contributed by atoms with Crippen LogP contribution in [0.3, 0.4) is 0 Å². The van der Waals surface area contributed by atoms with Crippen LogP contribution in [0, 0.1) is 5.82 Å². The highest BCUT2D eigenvalue weighted by atomic mass is 127. The van der Waals surface area contributed by atoms with Gasteiger partial charge in [0.05, 0.1) is 6.26 Å². The van der Waals surface area contributed by atoms with E-state index in [-0.39, 0.29) is 47.7 Å². The van der Waals surface area contributed by atoms with E-state index in [1.165, 1.54) is 11.0 Å². The molecule has 0 saturated heterocycles. The number of halogens is 2. The van der Waals surface area contributed by atoms with E-state index in [9.17, 15) is 9.18 Å². The van der Waals surface area contributed by atoms with Gasteiger partial charge in [-0.3, -0.25) is 4.79 Å². The second-order valence-electron chi connectivity index (χ2n) is 7.35. The Hall–Kier alpha value is -2.10. The fourth-order valence-electron chi connectivity index (χ4n) is 3.01. The molecule has 1 aliphatic carbocycles. The average Bonchev–Trinajstić information content (AvgIpc) is 3.29. The molecule has 0 bridgehead atoms. The smallest absolute Gasteiger partial charge is 0.243 e. The first-order valence-electron chi connectivity index (χ1n) is 9.49. The van der Waals surface area contributed by atoms with Crippen LogP contribution in [0.1, 0.15) is 24.2 Å². The number of benzene rings is 1. The molecule has 0 unspecified atom stereocenters. The molecule has 8 heteroatoms. The lowest BCUT2D eigenvalue weighted by atomic mass is 9.96. The molecule has 1 aliphatic rings. The average molecular weight is 514 g/mol. The first-order chi connectivity index (χ1) is 13.5. The number of hydrogen-bond acceptors (Lipinski definition) is 3. The molecule has 1 amide bonds. The van der Waals surface area contributed by atoms with Gasteiger partial charge in [0.15, 0.2) is 5.96 Å². The zero-order chi connectivity index (χ0) is 20.0. The number of carbonyl (C=O) groups is 1. The first kappa shape index (κ1) is 23.2. The van der Waals surface area contributed by atoms with Gasteiger partial charge in [-0.15, -0.1) is 24.0 Å². The van der Waals surface area contributed by atoms with Gasteiger partial charge in [0.1, 0.15) is 18.1 Å². The van der Waals surface area contributed by atoms with Crippen LogP contribution in [0.15, 0.2) is 52.1 Å². The molecule has 3 rings (SSSR count). The van der Waals surface area contributed by atoms with Crippen molar-refractivity contribution in [2.75, 3.05) is 33.7 Å². The predicted octanol–water partition coefficient (Wildman–Crippen LogP) is 2.93. The number of nitrogens with zero attached hydrogens (tertiary/aromatic N) is 2. The maximum absolute atomic E-state index is 13.6. The summed E-state index contributed by atoms with van der Waals surface area (Å²) in [6.45, 7) is 1.33. The number of hydrogen-bond donors (Lipinski definition) is 2. The van der Waals surface area contributed by atoms with Crippen molar-refractivity contribution in [3.8, 4) is 0 Å². The molecule has 1 aromatic heterocycles. The zero-order valence-electron chi connectivity index (χ0n) is 16.8. The summed E-state index contributed by atoms with van der Waals surface area (Å²) < 4.78 is 18.9. The lowest BCUT2D eigenvalue weighted by molar-refractivity contribution is -0.127. The fourth-order valence-corrected chi connectivity index (χ4v) is 3.01. The van der Waals surface area contributed by atoms with Crippen LogP contribution >= 0.6 is 24.0 Å². The highest BCUT2D eigenvalue weighted by molar-refractivity contribution is 14.0. The second-order valence-corrected chi connectivity index (χ2v) is 7.35. The van der Waals surface area contributed by atoms with E-state index in [1.807, 2.05) is 18.2 Å². The predicted molar refractivity (Wildman–Crippen MR) is 122 cm³/mol. The van der Waals surface area contributed by atoms with Crippen LogP contribution in [0.25, 0.3) is 0 Å². The Kier molecular flexibility index (Phi) is 8.48. The number of guanidine groups is 1. The summed E-state index contributed by atoms with van der Waals surface area (Å²) in [5, 5.41) is 6.58. The molecular formula is C21H28FIN4O2. The minimum atomic E-state index is -0.217. The molecule has 1 aromatic carbocycles. The Balaban J connectivity index is 0.00000300. The summed E-state index contributed by atoms with van der Waals surface area (Å²) >= 11 is 0. The SMILES string of the molecule is CN(C)C(=O)CN=C(NCCc1ccco1)NCC1(c2cccc(F)c2)CC1.I. The number of rotatable bonds is 8. The van der Waals surface area contributed by atoms with Gasteiger partial charge in [0.25, 0.3) is 0 Å². The monoisotopic (exact) mass is 514 g/mol. The molecule has 6 nitrogen and oxygen atoms in total. The van der Waals surface area contributed by atoms with E-state index in [0.717, 1.165) is 24.2 Å². The molecule has 2 N–H and O–H groups in total. The van der Waals surface area contributed by atoms with Crippen LogP contribution in [0.2, 0.25) is 0 Å². The minimum Gasteiger partial charge on any atom is -0.469 e.